The molecule has 9 heteroatoms. The van der Waals surface area contributed by atoms with Crippen LogP contribution < -0.4 is 10.6 Å². The third kappa shape index (κ3) is 5.88. The van der Waals surface area contributed by atoms with E-state index in [2.05, 4.69) is 10.6 Å². The van der Waals surface area contributed by atoms with Crippen LogP contribution in [0.2, 0.25) is 0 Å². The second-order valence-corrected chi connectivity index (χ2v) is 9.31. The van der Waals surface area contributed by atoms with Gasteiger partial charge in [-0.25, -0.2) is 4.79 Å². The van der Waals surface area contributed by atoms with Crippen LogP contribution in [0, 0.1) is 5.92 Å². The summed E-state index contributed by atoms with van der Waals surface area (Å²) >= 11 is 0. The minimum Gasteiger partial charge on any atom is -0.479 e. The van der Waals surface area contributed by atoms with Gasteiger partial charge in [-0.2, -0.15) is 0 Å². The summed E-state index contributed by atoms with van der Waals surface area (Å²) in [5.41, 5.74) is -0.737. The Morgan fingerprint density at radius 3 is 2.39 bits per heavy atom. The molecule has 0 aromatic heterocycles. The van der Waals surface area contributed by atoms with Crippen LogP contribution in [0.4, 0.5) is 0 Å². The molecule has 1 aromatic carbocycles. The van der Waals surface area contributed by atoms with E-state index in [1.54, 1.807) is 13.8 Å². The molecular formula is C19H29N2O6P. The van der Waals surface area contributed by atoms with E-state index in [1.807, 2.05) is 30.3 Å². The average molecular weight is 412 g/mol. The summed E-state index contributed by atoms with van der Waals surface area (Å²) in [6.45, 7) is 4.12. The first kappa shape index (κ1) is 22.6. The average Bonchev–Trinajstić information content (AvgIpc) is 2.65. The van der Waals surface area contributed by atoms with Crippen molar-refractivity contribution < 1.29 is 28.7 Å². The summed E-state index contributed by atoms with van der Waals surface area (Å²) in [5.74, 6) is -3.23. The van der Waals surface area contributed by atoms with Gasteiger partial charge in [0, 0.05) is 19.3 Å². The van der Waals surface area contributed by atoms with E-state index in [1.165, 1.54) is 0 Å². The Morgan fingerprint density at radius 1 is 1.25 bits per heavy atom. The van der Waals surface area contributed by atoms with E-state index in [9.17, 15) is 24.2 Å². The Morgan fingerprint density at radius 2 is 1.86 bits per heavy atom. The predicted octanol–water partition coefficient (Wildman–Crippen LogP) is 2.13. The Hall–Kier alpha value is -1.73. The van der Waals surface area contributed by atoms with Gasteiger partial charge < -0.3 is 20.6 Å². The van der Waals surface area contributed by atoms with Crippen LogP contribution in [0.5, 0.6) is 0 Å². The lowest BCUT2D eigenvalue weighted by Gasteiger charge is -2.37. The van der Waals surface area contributed by atoms with Gasteiger partial charge in [0.25, 0.3) is 0 Å². The van der Waals surface area contributed by atoms with Crippen LogP contribution in [-0.2, 0) is 25.1 Å². The second-order valence-electron chi connectivity index (χ2n) is 7.45. The van der Waals surface area contributed by atoms with Crippen LogP contribution >= 0.6 is 7.60 Å². The Labute approximate surface area is 165 Å². The van der Waals surface area contributed by atoms with Crippen molar-refractivity contribution in [3.05, 3.63) is 35.9 Å². The van der Waals surface area contributed by atoms with Crippen molar-refractivity contribution in [2.75, 3.05) is 13.1 Å². The Balaban J connectivity index is 2.06. The van der Waals surface area contributed by atoms with Crippen LogP contribution in [0.25, 0.3) is 0 Å². The number of carboxylic acid groups (broad SMARTS) is 1. The Kier molecular flexibility index (Phi) is 7.78. The maximum Gasteiger partial charge on any atom is 0.351 e. The lowest BCUT2D eigenvalue weighted by atomic mass is 9.93. The molecule has 2 unspecified atom stereocenters. The van der Waals surface area contributed by atoms with Gasteiger partial charge in [-0.15, -0.1) is 0 Å². The molecule has 2 rings (SSSR count). The van der Waals surface area contributed by atoms with Crippen molar-refractivity contribution in [1.29, 1.82) is 0 Å². The number of rotatable bonds is 9. The zero-order chi connectivity index (χ0) is 20.8. The first-order valence-corrected chi connectivity index (χ1v) is 11.1. The number of piperidine rings is 1. The summed E-state index contributed by atoms with van der Waals surface area (Å²) in [5, 5.41) is 15.2. The Bertz CT molecular complexity index is 718. The number of hydrogen-bond donors (Lipinski definition) is 4. The molecule has 28 heavy (non-hydrogen) atoms. The highest BCUT2D eigenvalue weighted by atomic mass is 31.2. The minimum atomic E-state index is -4.44. The third-order valence-corrected chi connectivity index (χ3v) is 6.92. The monoisotopic (exact) mass is 412 g/mol. The van der Waals surface area contributed by atoms with Crippen molar-refractivity contribution in [1.82, 2.24) is 10.6 Å². The highest BCUT2D eigenvalue weighted by molar-refractivity contribution is 7.53. The molecule has 0 bridgehead atoms. The SMILES string of the molecule is CC(C)C(NC(=O)CCc1ccccc1)P(=O)(O)OC1(C(=O)O)CCNCC1. The van der Waals surface area contributed by atoms with E-state index in [4.69, 9.17) is 4.52 Å². The first-order chi connectivity index (χ1) is 13.2. The molecule has 0 saturated carbocycles. The molecule has 1 heterocycles. The summed E-state index contributed by atoms with van der Waals surface area (Å²) in [6, 6.07) is 9.45. The van der Waals surface area contributed by atoms with Crippen molar-refractivity contribution in [3.8, 4) is 0 Å². The number of carbonyl (C=O) groups excluding carboxylic acids is 1. The molecule has 1 amide bonds. The molecule has 0 spiro atoms. The number of hydrogen-bond acceptors (Lipinski definition) is 5. The van der Waals surface area contributed by atoms with Gasteiger partial charge in [-0.1, -0.05) is 44.2 Å². The predicted molar refractivity (Wildman–Crippen MR) is 105 cm³/mol. The molecule has 1 saturated heterocycles. The molecule has 8 nitrogen and oxygen atoms in total. The molecule has 0 radical (unpaired) electrons. The standard InChI is InChI=1S/C19H29N2O6P/c1-14(2)17(21-16(22)9-8-15-6-4-3-5-7-15)28(25,26)27-19(18(23)24)10-12-20-13-11-19/h3-7,14,17,20H,8-13H2,1-2H3,(H,21,22)(H,23,24)(H,25,26). The summed E-state index contributed by atoms with van der Waals surface area (Å²) in [7, 11) is -4.44. The fourth-order valence-corrected chi connectivity index (χ4v) is 5.18. The number of nitrogens with one attached hydrogen (secondary N) is 2. The molecule has 1 aliphatic heterocycles. The van der Waals surface area contributed by atoms with Crippen molar-refractivity contribution >= 4 is 19.5 Å². The lowest BCUT2D eigenvalue weighted by Crippen LogP contribution is -2.51. The van der Waals surface area contributed by atoms with Crippen LogP contribution in [0.15, 0.2) is 30.3 Å². The topological polar surface area (TPSA) is 125 Å². The van der Waals surface area contributed by atoms with Gasteiger partial charge in [-0.05, 0) is 31.0 Å². The lowest BCUT2D eigenvalue weighted by molar-refractivity contribution is -0.158. The molecular weight excluding hydrogens is 383 g/mol. The molecule has 0 aliphatic carbocycles. The van der Waals surface area contributed by atoms with Crippen molar-refractivity contribution in [2.45, 2.75) is 50.9 Å². The van der Waals surface area contributed by atoms with Crippen molar-refractivity contribution in [2.24, 2.45) is 5.92 Å². The van der Waals surface area contributed by atoms with Crippen LogP contribution in [0.1, 0.15) is 38.7 Å². The highest BCUT2D eigenvalue weighted by Crippen LogP contribution is 2.54. The van der Waals surface area contributed by atoms with E-state index in [-0.39, 0.29) is 25.2 Å². The number of benzene rings is 1. The quantitative estimate of drug-likeness (QED) is 0.458. The maximum absolute atomic E-state index is 13.0. The third-order valence-electron chi connectivity index (χ3n) is 4.88. The second kappa shape index (κ2) is 9.65. The van der Waals surface area contributed by atoms with Crippen LogP contribution in [0.3, 0.4) is 0 Å². The zero-order valence-electron chi connectivity index (χ0n) is 16.3. The molecule has 1 fully saturated rings. The van der Waals surface area contributed by atoms with Gasteiger partial charge >= 0.3 is 13.6 Å². The van der Waals surface area contributed by atoms with Gasteiger partial charge in [-0.3, -0.25) is 13.9 Å². The van der Waals surface area contributed by atoms with E-state index < -0.39 is 30.9 Å². The van der Waals surface area contributed by atoms with Gasteiger partial charge in [0.15, 0.2) is 5.60 Å². The zero-order valence-corrected chi connectivity index (χ0v) is 17.2. The van der Waals surface area contributed by atoms with Crippen molar-refractivity contribution in [3.63, 3.8) is 0 Å². The van der Waals surface area contributed by atoms with Gasteiger partial charge in [0.2, 0.25) is 5.91 Å². The van der Waals surface area contributed by atoms with Crippen LogP contribution in [-0.4, -0.2) is 46.3 Å². The highest BCUT2D eigenvalue weighted by Gasteiger charge is 2.49. The fraction of sp³-hybridized carbons (Fsp3) is 0.579. The molecule has 1 aromatic rings. The normalized spacial score (nSPS) is 19.6. The summed E-state index contributed by atoms with van der Waals surface area (Å²) in [4.78, 5) is 34.7. The molecule has 1 aliphatic rings. The number of carboxylic acids is 1. The van der Waals surface area contributed by atoms with E-state index >= 15 is 0 Å². The first-order valence-electron chi connectivity index (χ1n) is 9.47. The van der Waals surface area contributed by atoms with E-state index in [0.29, 0.717) is 19.5 Å². The molecule has 2 atom stereocenters. The molecule has 156 valence electrons. The van der Waals surface area contributed by atoms with Gasteiger partial charge in [0.05, 0.1) is 0 Å². The summed E-state index contributed by atoms with van der Waals surface area (Å²) in [6.07, 6.45) is 0.819. The number of aliphatic carboxylic acids is 1. The number of aryl methyl sites for hydroxylation is 1. The number of carbonyl (C=O) groups is 2. The minimum absolute atomic E-state index is 0.0830. The van der Waals surface area contributed by atoms with E-state index in [0.717, 1.165) is 5.56 Å². The summed E-state index contributed by atoms with van der Waals surface area (Å²) < 4.78 is 18.3. The maximum atomic E-state index is 13.0. The smallest absolute Gasteiger partial charge is 0.351 e. The fourth-order valence-electron chi connectivity index (χ4n) is 3.25. The largest absolute Gasteiger partial charge is 0.479 e. The van der Waals surface area contributed by atoms with Gasteiger partial charge in [0.1, 0.15) is 5.78 Å². The molecule has 4 N–H and O–H groups in total. The number of amides is 1.